The molecule has 0 heterocycles. The molecule has 1 aliphatic rings. The van der Waals surface area contributed by atoms with E-state index in [0.29, 0.717) is 0 Å². The van der Waals surface area contributed by atoms with Crippen LogP contribution >= 0.6 is 0 Å². The van der Waals surface area contributed by atoms with Gasteiger partial charge in [0.15, 0.2) is 0 Å². The molecule has 0 aliphatic heterocycles. The molecule has 2 unspecified atom stereocenters. The van der Waals surface area contributed by atoms with Crippen LogP contribution < -0.4 is 5.32 Å². The maximum Gasteiger partial charge on any atom is 0.00708 e. The molecule has 1 nitrogen and oxygen atoms in total. The van der Waals surface area contributed by atoms with Gasteiger partial charge in [-0.05, 0) is 25.7 Å². The number of hydrogen-bond donors (Lipinski definition) is 1. The van der Waals surface area contributed by atoms with Crippen LogP contribution in [0.15, 0.2) is 0 Å². The van der Waals surface area contributed by atoms with E-state index in [1.807, 2.05) is 0 Å². The lowest BCUT2D eigenvalue weighted by atomic mass is 10.0. The number of rotatable bonds is 4. The Labute approximate surface area is 64.2 Å². The van der Waals surface area contributed by atoms with Crippen molar-refractivity contribution in [1.29, 1.82) is 0 Å². The zero-order chi connectivity index (χ0) is 7.56. The van der Waals surface area contributed by atoms with Gasteiger partial charge in [-0.1, -0.05) is 20.3 Å². The Bertz CT molecular complexity index is 96.9. The summed E-state index contributed by atoms with van der Waals surface area (Å²) in [6, 6.07) is 1.58. The van der Waals surface area contributed by atoms with Crippen LogP contribution in [0.4, 0.5) is 0 Å². The van der Waals surface area contributed by atoms with Crippen molar-refractivity contribution in [2.45, 2.75) is 52.1 Å². The molecule has 0 aromatic rings. The molecule has 1 heteroatoms. The molecule has 0 radical (unpaired) electrons. The summed E-state index contributed by atoms with van der Waals surface area (Å²) in [5.41, 5.74) is 0. The van der Waals surface area contributed by atoms with Crippen molar-refractivity contribution < 1.29 is 0 Å². The van der Waals surface area contributed by atoms with Crippen molar-refractivity contribution in [3.8, 4) is 0 Å². The molecule has 1 saturated carbocycles. The Morgan fingerprint density at radius 1 is 1.40 bits per heavy atom. The first-order valence-electron chi connectivity index (χ1n) is 4.50. The van der Waals surface area contributed by atoms with Gasteiger partial charge < -0.3 is 5.32 Å². The van der Waals surface area contributed by atoms with Crippen LogP contribution in [-0.4, -0.2) is 12.1 Å². The van der Waals surface area contributed by atoms with Crippen LogP contribution in [0.1, 0.15) is 40.0 Å². The Morgan fingerprint density at radius 3 is 2.40 bits per heavy atom. The Balaban J connectivity index is 2.11. The third kappa shape index (κ3) is 2.30. The second-order valence-corrected chi connectivity index (χ2v) is 3.62. The van der Waals surface area contributed by atoms with Crippen molar-refractivity contribution in [2.24, 2.45) is 5.92 Å². The van der Waals surface area contributed by atoms with E-state index in [0.717, 1.165) is 18.0 Å². The predicted molar refractivity (Wildman–Crippen MR) is 45.1 cm³/mol. The Morgan fingerprint density at radius 2 is 2.00 bits per heavy atom. The highest BCUT2D eigenvalue weighted by atomic mass is 15.0. The summed E-state index contributed by atoms with van der Waals surface area (Å²) in [6.45, 7) is 6.88. The zero-order valence-corrected chi connectivity index (χ0v) is 7.35. The molecule has 0 amide bonds. The summed E-state index contributed by atoms with van der Waals surface area (Å²) in [5.74, 6) is 0.834. The van der Waals surface area contributed by atoms with Gasteiger partial charge >= 0.3 is 0 Å². The maximum atomic E-state index is 3.60. The Kier molecular flexibility index (Phi) is 2.72. The minimum absolute atomic E-state index is 0.720. The van der Waals surface area contributed by atoms with Gasteiger partial charge in [0, 0.05) is 12.1 Å². The summed E-state index contributed by atoms with van der Waals surface area (Å²) in [4.78, 5) is 0. The van der Waals surface area contributed by atoms with Gasteiger partial charge in [0.25, 0.3) is 0 Å². The molecular weight excluding hydrogens is 122 g/mol. The van der Waals surface area contributed by atoms with Crippen LogP contribution in [0.2, 0.25) is 0 Å². The van der Waals surface area contributed by atoms with Crippen molar-refractivity contribution in [3.63, 3.8) is 0 Å². The van der Waals surface area contributed by atoms with E-state index < -0.39 is 0 Å². The van der Waals surface area contributed by atoms with Crippen LogP contribution in [-0.2, 0) is 0 Å². The molecule has 1 rings (SSSR count). The van der Waals surface area contributed by atoms with Crippen LogP contribution in [0.3, 0.4) is 0 Å². The predicted octanol–water partition coefficient (Wildman–Crippen LogP) is 2.17. The van der Waals surface area contributed by atoms with Crippen LogP contribution in [0.5, 0.6) is 0 Å². The first kappa shape index (κ1) is 8.06. The SMILES string of the molecule is CCC(C)C(C)NC1CC1. The zero-order valence-electron chi connectivity index (χ0n) is 7.35. The lowest BCUT2D eigenvalue weighted by molar-refractivity contribution is 0.388. The molecule has 0 aromatic heterocycles. The van der Waals surface area contributed by atoms with Gasteiger partial charge in [-0.3, -0.25) is 0 Å². The van der Waals surface area contributed by atoms with E-state index >= 15 is 0 Å². The van der Waals surface area contributed by atoms with Gasteiger partial charge in [-0.15, -0.1) is 0 Å². The average molecular weight is 141 g/mol. The maximum absolute atomic E-state index is 3.60. The second kappa shape index (κ2) is 3.38. The smallest absolute Gasteiger partial charge is 0.00708 e. The minimum Gasteiger partial charge on any atom is -0.311 e. The van der Waals surface area contributed by atoms with E-state index in [1.165, 1.54) is 19.3 Å². The first-order valence-corrected chi connectivity index (χ1v) is 4.50. The molecule has 0 bridgehead atoms. The molecule has 60 valence electrons. The fourth-order valence-corrected chi connectivity index (χ4v) is 1.14. The standard InChI is InChI=1S/C9H19N/c1-4-7(2)8(3)10-9-5-6-9/h7-10H,4-6H2,1-3H3. The summed E-state index contributed by atoms with van der Waals surface area (Å²) >= 11 is 0. The summed E-state index contributed by atoms with van der Waals surface area (Å²) in [5, 5.41) is 3.60. The lowest BCUT2D eigenvalue weighted by Crippen LogP contribution is -2.33. The van der Waals surface area contributed by atoms with Gasteiger partial charge in [-0.25, -0.2) is 0 Å². The molecule has 0 spiro atoms. The van der Waals surface area contributed by atoms with Crippen molar-refractivity contribution in [3.05, 3.63) is 0 Å². The monoisotopic (exact) mass is 141 g/mol. The highest BCUT2D eigenvalue weighted by Crippen LogP contribution is 2.21. The molecule has 2 atom stereocenters. The molecule has 1 N–H and O–H groups in total. The number of nitrogens with one attached hydrogen (secondary N) is 1. The fraction of sp³-hybridized carbons (Fsp3) is 1.00. The third-order valence-electron chi connectivity index (χ3n) is 2.57. The van der Waals surface area contributed by atoms with Crippen LogP contribution in [0.25, 0.3) is 0 Å². The summed E-state index contributed by atoms with van der Waals surface area (Å²) in [7, 11) is 0. The normalized spacial score (nSPS) is 24.3. The van der Waals surface area contributed by atoms with Gasteiger partial charge in [0.05, 0.1) is 0 Å². The largest absolute Gasteiger partial charge is 0.311 e. The number of hydrogen-bond acceptors (Lipinski definition) is 1. The van der Waals surface area contributed by atoms with E-state index in [2.05, 4.69) is 26.1 Å². The summed E-state index contributed by atoms with van der Waals surface area (Å²) < 4.78 is 0. The fourth-order valence-electron chi connectivity index (χ4n) is 1.14. The molecular formula is C9H19N. The Hall–Kier alpha value is -0.0400. The van der Waals surface area contributed by atoms with Crippen molar-refractivity contribution >= 4 is 0 Å². The van der Waals surface area contributed by atoms with Crippen LogP contribution in [0, 0.1) is 5.92 Å². The topological polar surface area (TPSA) is 12.0 Å². The van der Waals surface area contributed by atoms with Gasteiger partial charge in [0.2, 0.25) is 0 Å². The quantitative estimate of drug-likeness (QED) is 0.632. The third-order valence-corrected chi connectivity index (χ3v) is 2.57. The highest BCUT2D eigenvalue weighted by molar-refractivity contribution is 4.84. The van der Waals surface area contributed by atoms with Gasteiger partial charge in [0.1, 0.15) is 0 Å². The summed E-state index contributed by atoms with van der Waals surface area (Å²) in [6.07, 6.45) is 4.10. The molecule has 0 aromatic carbocycles. The molecule has 1 aliphatic carbocycles. The first-order chi connectivity index (χ1) is 4.74. The van der Waals surface area contributed by atoms with Crippen molar-refractivity contribution in [1.82, 2.24) is 5.32 Å². The van der Waals surface area contributed by atoms with Crippen molar-refractivity contribution in [2.75, 3.05) is 0 Å². The average Bonchev–Trinajstić information content (AvgIpc) is 2.70. The van der Waals surface area contributed by atoms with Gasteiger partial charge in [-0.2, -0.15) is 0 Å². The van der Waals surface area contributed by atoms with E-state index in [4.69, 9.17) is 0 Å². The molecule has 1 fully saturated rings. The molecule has 0 saturated heterocycles. The lowest BCUT2D eigenvalue weighted by Gasteiger charge is -2.19. The minimum atomic E-state index is 0.720. The van der Waals surface area contributed by atoms with E-state index in [1.54, 1.807) is 0 Å². The molecule has 10 heavy (non-hydrogen) atoms. The second-order valence-electron chi connectivity index (χ2n) is 3.62. The van der Waals surface area contributed by atoms with E-state index in [-0.39, 0.29) is 0 Å². The van der Waals surface area contributed by atoms with E-state index in [9.17, 15) is 0 Å². The highest BCUT2D eigenvalue weighted by Gasteiger charge is 2.24.